The van der Waals surface area contributed by atoms with E-state index in [4.69, 9.17) is 4.74 Å². The molecule has 6 nitrogen and oxygen atoms in total. The first kappa shape index (κ1) is 18.8. The number of hydrogen-bond donors (Lipinski definition) is 0. The van der Waals surface area contributed by atoms with Gasteiger partial charge in [-0.2, -0.15) is 10.2 Å². The fourth-order valence-electron chi connectivity index (χ4n) is 3.88. The molecule has 0 aromatic carbocycles. The van der Waals surface area contributed by atoms with Crippen molar-refractivity contribution in [3.63, 3.8) is 0 Å². The summed E-state index contributed by atoms with van der Waals surface area (Å²) in [6.07, 6.45) is 11.4. The Morgan fingerprint density at radius 1 is 1.25 bits per heavy atom. The van der Waals surface area contributed by atoms with Crippen molar-refractivity contribution >= 4 is 21.6 Å². The lowest BCUT2D eigenvalue weighted by Crippen LogP contribution is -2.19. The first-order valence-electron chi connectivity index (χ1n) is 9.80. The highest BCUT2D eigenvalue weighted by molar-refractivity contribution is 7.18. The molecule has 0 N–H and O–H groups in total. The zero-order chi connectivity index (χ0) is 19.3. The van der Waals surface area contributed by atoms with Crippen molar-refractivity contribution in [1.82, 2.24) is 19.9 Å². The number of ether oxygens (including phenoxy) is 1. The second kappa shape index (κ2) is 8.61. The Labute approximate surface area is 168 Å². The van der Waals surface area contributed by atoms with E-state index in [9.17, 15) is 5.26 Å². The zero-order valence-corrected chi connectivity index (χ0v) is 16.7. The highest BCUT2D eigenvalue weighted by Gasteiger charge is 2.22. The maximum atomic E-state index is 9.72. The van der Waals surface area contributed by atoms with Crippen LogP contribution in [-0.2, 0) is 0 Å². The van der Waals surface area contributed by atoms with Crippen LogP contribution in [0.5, 0.6) is 6.01 Å². The van der Waals surface area contributed by atoms with Crippen molar-refractivity contribution in [1.29, 1.82) is 5.26 Å². The Morgan fingerprint density at radius 2 is 2.14 bits per heavy atom. The van der Waals surface area contributed by atoms with Gasteiger partial charge in [-0.05, 0) is 30.4 Å². The van der Waals surface area contributed by atoms with E-state index in [0.717, 1.165) is 28.5 Å². The normalized spacial score (nSPS) is 20.6. The van der Waals surface area contributed by atoms with Crippen molar-refractivity contribution in [3.8, 4) is 12.1 Å². The second-order valence-corrected chi connectivity index (χ2v) is 8.44. The van der Waals surface area contributed by atoms with Crippen molar-refractivity contribution in [2.45, 2.75) is 44.9 Å². The number of nitriles is 1. The number of thiazole rings is 1. The molecule has 1 fully saturated rings. The van der Waals surface area contributed by atoms with Crippen LogP contribution in [-0.4, -0.2) is 26.5 Å². The number of fused-ring (bicyclic) bond motifs is 1. The monoisotopic (exact) mass is 393 g/mol. The summed E-state index contributed by atoms with van der Waals surface area (Å²) in [6.45, 7) is 2.95. The molecule has 0 amide bonds. The van der Waals surface area contributed by atoms with Gasteiger partial charge in [-0.25, -0.2) is 9.97 Å². The summed E-state index contributed by atoms with van der Waals surface area (Å²) in [4.78, 5) is 17.4. The Balaban J connectivity index is 1.45. The smallest absolute Gasteiger partial charge is 0.316 e. The molecule has 3 heterocycles. The molecule has 3 unspecified atom stereocenters. The van der Waals surface area contributed by atoms with Crippen LogP contribution in [0.1, 0.15) is 55.6 Å². The molecule has 0 radical (unpaired) electrons. The maximum Gasteiger partial charge on any atom is 0.316 e. The summed E-state index contributed by atoms with van der Waals surface area (Å²) >= 11 is 1.49. The fraction of sp³-hybridized carbons (Fsp3) is 0.476. The summed E-state index contributed by atoms with van der Waals surface area (Å²) in [7, 11) is 0. The van der Waals surface area contributed by atoms with Crippen molar-refractivity contribution in [2.24, 2.45) is 11.8 Å². The van der Waals surface area contributed by atoms with Gasteiger partial charge in [-0.15, -0.1) is 11.3 Å². The summed E-state index contributed by atoms with van der Waals surface area (Å²) in [5, 5.41) is 10.4. The summed E-state index contributed by atoms with van der Waals surface area (Å²) < 4.78 is 6.84. The quantitative estimate of drug-likeness (QED) is 0.602. The van der Waals surface area contributed by atoms with Crippen LogP contribution in [0, 0.1) is 23.2 Å². The predicted molar refractivity (Wildman–Crippen MR) is 108 cm³/mol. The van der Waals surface area contributed by atoms with Gasteiger partial charge in [-0.3, -0.25) is 4.98 Å². The molecule has 0 bridgehead atoms. The van der Waals surface area contributed by atoms with Gasteiger partial charge in [0.05, 0.1) is 34.8 Å². The van der Waals surface area contributed by atoms with Gasteiger partial charge in [-0.1, -0.05) is 32.6 Å². The minimum Gasteiger partial charge on any atom is -0.463 e. The topological polar surface area (TPSA) is 84.6 Å². The number of nitrogens with zero attached hydrogens (tertiary/aromatic N) is 5. The van der Waals surface area contributed by atoms with E-state index in [1.165, 1.54) is 37.0 Å². The molecule has 0 saturated heterocycles. The third-order valence-electron chi connectivity index (χ3n) is 5.54. The molecule has 7 heteroatoms. The van der Waals surface area contributed by atoms with Gasteiger partial charge in [0, 0.05) is 12.4 Å². The third kappa shape index (κ3) is 4.12. The molecule has 0 spiro atoms. The average Bonchev–Trinajstić information content (AvgIpc) is 3.14. The molecule has 0 aliphatic heterocycles. The molecule has 144 valence electrons. The van der Waals surface area contributed by atoms with E-state index < -0.39 is 5.92 Å². The second-order valence-electron chi connectivity index (χ2n) is 7.38. The Morgan fingerprint density at radius 3 is 2.96 bits per heavy atom. The van der Waals surface area contributed by atoms with Crippen LogP contribution >= 0.6 is 11.3 Å². The molecule has 1 aliphatic rings. The van der Waals surface area contributed by atoms with Crippen LogP contribution in [0.3, 0.4) is 0 Å². The van der Waals surface area contributed by atoms with Crippen molar-refractivity contribution in [3.05, 3.63) is 41.4 Å². The molecular formula is C21H23N5OS. The predicted octanol–water partition coefficient (Wildman–Crippen LogP) is 4.73. The van der Waals surface area contributed by atoms with Gasteiger partial charge in [0.2, 0.25) is 0 Å². The SMILES string of the molecule is CC1CCCCC1CCOc1nccc(C(C#N)c2nc3cnccc3s2)n1. The van der Waals surface area contributed by atoms with Gasteiger partial charge in [0.25, 0.3) is 0 Å². The van der Waals surface area contributed by atoms with E-state index in [1.807, 2.05) is 6.07 Å². The average molecular weight is 394 g/mol. The highest BCUT2D eigenvalue weighted by atomic mass is 32.1. The van der Waals surface area contributed by atoms with Crippen LogP contribution in [0.4, 0.5) is 0 Å². The lowest BCUT2D eigenvalue weighted by Gasteiger charge is -2.28. The van der Waals surface area contributed by atoms with E-state index >= 15 is 0 Å². The van der Waals surface area contributed by atoms with Crippen LogP contribution in [0.2, 0.25) is 0 Å². The van der Waals surface area contributed by atoms with Crippen LogP contribution < -0.4 is 4.74 Å². The van der Waals surface area contributed by atoms with Crippen LogP contribution in [0.15, 0.2) is 30.7 Å². The third-order valence-corrected chi connectivity index (χ3v) is 6.64. The van der Waals surface area contributed by atoms with E-state index in [-0.39, 0.29) is 0 Å². The van der Waals surface area contributed by atoms with Crippen molar-refractivity contribution in [2.75, 3.05) is 6.61 Å². The number of rotatable bonds is 6. The Hall–Kier alpha value is -2.59. The summed E-state index contributed by atoms with van der Waals surface area (Å²) in [5.41, 5.74) is 1.42. The molecule has 28 heavy (non-hydrogen) atoms. The lowest BCUT2D eigenvalue weighted by atomic mass is 9.79. The Kier molecular flexibility index (Phi) is 5.77. The molecule has 1 aliphatic carbocycles. The van der Waals surface area contributed by atoms with Gasteiger partial charge in [0.1, 0.15) is 10.9 Å². The summed E-state index contributed by atoms with van der Waals surface area (Å²) in [5.74, 6) is 0.947. The molecule has 4 rings (SSSR count). The summed E-state index contributed by atoms with van der Waals surface area (Å²) in [6, 6.07) is 6.32. The molecule has 3 atom stereocenters. The number of pyridine rings is 1. The molecule has 3 aromatic heterocycles. The minimum atomic E-state index is -0.541. The molecule has 1 saturated carbocycles. The first-order chi connectivity index (χ1) is 13.7. The number of aromatic nitrogens is 4. The highest BCUT2D eigenvalue weighted by Crippen LogP contribution is 2.32. The maximum absolute atomic E-state index is 9.72. The molecular weight excluding hydrogens is 370 g/mol. The van der Waals surface area contributed by atoms with Gasteiger partial charge >= 0.3 is 6.01 Å². The van der Waals surface area contributed by atoms with Gasteiger partial charge in [0.15, 0.2) is 0 Å². The van der Waals surface area contributed by atoms with Gasteiger partial charge < -0.3 is 4.74 Å². The van der Waals surface area contributed by atoms with Crippen molar-refractivity contribution < 1.29 is 4.74 Å². The Bertz CT molecular complexity index is 949. The standard InChI is InChI=1S/C21H23N5OS/c1-14-4-2-3-5-15(14)8-11-27-21-24-10-6-17(26-21)16(12-22)20-25-18-13-23-9-7-19(18)28-20/h6-7,9-10,13-16H,2-5,8,11H2,1H3. The minimum absolute atomic E-state index is 0.337. The largest absolute Gasteiger partial charge is 0.463 e. The van der Waals surface area contributed by atoms with E-state index in [2.05, 4.69) is 32.9 Å². The van der Waals surface area contributed by atoms with E-state index in [0.29, 0.717) is 23.3 Å². The van der Waals surface area contributed by atoms with E-state index in [1.54, 1.807) is 24.7 Å². The zero-order valence-electron chi connectivity index (χ0n) is 15.9. The van der Waals surface area contributed by atoms with Crippen LogP contribution in [0.25, 0.3) is 10.2 Å². The lowest BCUT2D eigenvalue weighted by molar-refractivity contribution is 0.189. The molecule has 3 aromatic rings. The number of hydrogen-bond acceptors (Lipinski definition) is 7. The first-order valence-corrected chi connectivity index (χ1v) is 10.6. The fourth-order valence-corrected chi connectivity index (χ4v) is 4.87.